The maximum Gasteiger partial charge on any atom is 0.238 e. The molecule has 0 radical (unpaired) electrons. The topological polar surface area (TPSA) is 69.6 Å². The number of aromatic nitrogens is 5. The van der Waals surface area contributed by atoms with E-state index < -0.39 is 60.4 Å². The van der Waals surface area contributed by atoms with E-state index >= 15 is 0 Å². The van der Waals surface area contributed by atoms with Crippen LogP contribution in [0.25, 0.3) is 95.3 Å². The van der Waals surface area contributed by atoms with Gasteiger partial charge >= 0.3 is 0 Å². The number of oxazole rings is 1. The molecule has 0 spiro atoms. The summed E-state index contributed by atoms with van der Waals surface area (Å²) in [6.07, 6.45) is 0. The zero-order valence-corrected chi connectivity index (χ0v) is 29.5. The SMILES string of the molecule is [2H]c1c([2H])c([2H])c(-c2nc(-c3c([2H])c([2H])c([2H])c([2H])c3[2H])nc(-n3c4ccccc4c4cc(-c5ccc6c(c5)-c5c(ccc7nc(-c8ccccc8)oc57)C6(C)C)ccc43)n2)c([2H])c1[2H]. The Morgan fingerprint density at radius 1 is 0.545 bits per heavy atom. The fourth-order valence-corrected chi connectivity index (χ4v) is 7.89. The fraction of sp³-hybridized carbons (Fsp3) is 0.0612. The lowest BCUT2D eigenvalue weighted by Gasteiger charge is -2.21. The lowest BCUT2D eigenvalue weighted by molar-refractivity contribution is 0.618. The summed E-state index contributed by atoms with van der Waals surface area (Å²) in [4.78, 5) is 18.8. The highest BCUT2D eigenvalue weighted by atomic mass is 16.3. The van der Waals surface area contributed by atoms with Crippen molar-refractivity contribution in [3.8, 4) is 62.4 Å². The van der Waals surface area contributed by atoms with E-state index in [9.17, 15) is 0 Å². The highest BCUT2D eigenvalue weighted by Crippen LogP contribution is 2.52. The molecule has 0 saturated heterocycles. The van der Waals surface area contributed by atoms with Crippen LogP contribution < -0.4 is 0 Å². The zero-order chi connectivity index (χ0) is 45.4. The van der Waals surface area contributed by atoms with Crippen molar-refractivity contribution in [2.75, 3.05) is 0 Å². The lowest BCUT2D eigenvalue weighted by atomic mass is 9.82. The van der Waals surface area contributed by atoms with Gasteiger partial charge < -0.3 is 4.42 Å². The van der Waals surface area contributed by atoms with Crippen LogP contribution in [0, 0.1) is 0 Å². The number of fused-ring (bicyclic) bond motifs is 8. The van der Waals surface area contributed by atoms with E-state index in [2.05, 4.69) is 49.2 Å². The first kappa shape index (κ1) is 22.8. The minimum absolute atomic E-state index is 0.0649. The van der Waals surface area contributed by atoms with Gasteiger partial charge in [-0.3, -0.25) is 4.57 Å². The van der Waals surface area contributed by atoms with Crippen LogP contribution in [0.1, 0.15) is 38.7 Å². The molecule has 6 nitrogen and oxygen atoms in total. The van der Waals surface area contributed by atoms with E-state index in [1.807, 2.05) is 72.8 Å². The average molecular weight is 718 g/mol. The van der Waals surface area contributed by atoms with E-state index in [0.29, 0.717) is 16.9 Å². The highest BCUT2D eigenvalue weighted by Gasteiger charge is 2.38. The standard InChI is InChI=1S/C49H33N5O/c1-49(2)38-24-22-33(29-37(38)43-39(49)25-26-40-44(43)55-47(50-40)32-18-10-5-11-19-32)34-23-27-42-36(28-34)35-20-12-13-21-41(35)54(42)48-52-45(30-14-6-3-7-15-30)51-46(53-48)31-16-8-4-9-17-31/h3-29H,1-2H3/i3D,4D,6D,7D,8D,9D,14D,15D,16D,17D. The van der Waals surface area contributed by atoms with Gasteiger partial charge in [-0.05, 0) is 70.3 Å². The van der Waals surface area contributed by atoms with Crippen molar-refractivity contribution in [2.24, 2.45) is 0 Å². The summed E-state index contributed by atoms with van der Waals surface area (Å²) < 4.78 is 93.4. The van der Waals surface area contributed by atoms with Crippen molar-refractivity contribution >= 4 is 32.9 Å². The van der Waals surface area contributed by atoms with Gasteiger partial charge in [-0.2, -0.15) is 9.97 Å². The van der Waals surface area contributed by atoms with Gasteiger partial charge in [0.15, 0.2) is 17.2 Å². The molecule has 10 aromatic rings. The quantitative estimate of drug-likeness (QED) is 0.177. The number of hydrogen-bond donors (Lipinski definition) is 0. The Kier molecular flexibility index (Phi) is 4.94. The van der Waals surface area contributed by atoms with Crippen molar-refractivity contribution in [1.82, 2.24) is 24.5 Å². The Labute approximate surface area is 331 Å². The first-order chi connectivity index (χ1) is 31.1. The summed E-state index contributed by atoms with van der Waals surface area (Å²) >= 11 is 0. The van der Waals surface area contributed by atoms with E-state index in [4.69, 9.17) is 33.1 Å². The fourth-order valence-electron chi connectivity index (χ4n) is 7.89. The van der Waals surface area contributed by atoms with Crippen molar-refractivity contribution in [3.63, 3.8) is 0 Å². The van der Waals surface area contributed by atoms with Crippen LogP contribution in [0.3, 0.4) is 0 Å². The third-order valence-electron chi connectivity index (χ3n) is 10.5. The van der Waals surface area contributed by atoms with E-state index in [0.717, 1.165) is 55.3 Å². The second-order valence-corrected chi connectivity index (χ2v) is 14.0. The van der Waals surface area contributed by atoms with Gasteiger partial charge in [0, 0.05) is 38.4 Å². The van der Waals surface area contributed by atoms with Gasteiger partial charge in [-0.15, -0.1) is 0 Å². The zero-order valence-electron chi connectivity index (χ0n) is 39.5. The summed E-state index contributed by atoms with van der Waals surface area (Å²) in [5, 5.41) is 1.64. The van der Waals surface area contributed by atoms with Crippen LogP contribution in [0.4, 0.5) is 0 Å². The predicted molar refractivity (Wildman–Crippen MR) is 221 cm³/mol. The Hall–Kier alpha value is -7.18. The molecule has 7 aromatic carbocycles. The van der Waals surface area contributed by atoms with Gasteiger partial charge in [-0.25, -0.2) is 9.97 Å². The Morgan fingerprint density at radius 3 is 1.93 bits per heavy atom. The van der Waals surface area contributed by atoms with E-state index in [1.165, 1.54) is 5.56 Å². The van der Waals surface area contributed by atoms with Gasteiger partial charge in [0.05, 0.1) is 24.7 Å². The normalized spacial score (nSPS) is 15.6. The average Bonchev–Trinajstić information content (AvgIpc) is 3.97. The molecule has 260 valence electrons. The summed E-state index contributed by atoms with van der Waals surface area (Å²) in [5.41, 5.74) is 8.96. The molecule has 0 saturated carbocycles. The number of rotatable bonds is 5. The molecule has 11 rings (SSSR count). The molecule has 55 heavy (non-hydrogen) atoms. The van der Waals surface area contributed by atoms with Gasteiger partial charge in [0.2, 0.25) is 11.8 Å². The summed E-state index contributed by atoms with van der Waals surface area (Å²) in [5.74, 6) is -0.189. The second kappa shape index (κ2) is 11.9. The van der Waals surface area contributed by atoms with Crippen molar-refractivity contribution in [2.45, 2.75) is 19.3 Å². The third-order valence-corrected chi connectivity index (χ3v) is 10.5. The van der Waals surface area contributed by atoms with Gasteiger partial charge in [0.25, 0.3) is 0 Å². The molecule has 6 heteroatoms. The number of para-hydroxylation sites is 1. The molecule has 0 atom stereocenters. The van der Waals surface area contributed by atoms with Gasteiger partial charge in [-0.1, -0.05) is 135 Å². The molecule has 0 fully saturated rings. The summed E-state index contributed by atoms with van der Waals surface area (Å²) in [6, 6.07) is 28.1. The molecule has 3 heterocycles. The minimum Gasteiger partial charge on any atom is -0.435 e. The molecular formula is C49H33N5O. The van der Waals surface area contributed by atoms with Crippen LogP contribution in [-0.2, 0) is 5.41 Å². The number of benzene rings is 7. The van der Waals surface area contributed by atoms with Crippen molar-refractivity contribution in [1.29, 1.82) is 0 Å². The Morgan fingerprint density at radius 2 is 1.18 bits per heavy atom. The van der Waals surface area contributed by atoms with Crippen molar-refractivity contribution < 1.29 is 18.1 Å². The lowest BCUT2D eigenvalue weighted by Crippen LogP contribution is -2.14. The molecule has 0 amide bonds. The van der Waals surface area contributed by atoms with Crippen LogP contribution in [0.2, 0.25) is 0 Å². The van der Waals surface area contributed by atoms with E-state index in [-0.39, 0.29) is 34.1 Å². The summed E-state index contributed by atoms with van der Waals surface area (Å²) in [7, 11) is 0. The van der Waals surface area contributed by atoms with Crippen LogP contribution >= 0.6 is 0 Å². The molecule has 1 aliphatic carbocycles. The minimum atomic E-state index is -0.613. The molecule has 1 aliphatic rings. The number of hydrogen-bond acceptors (Lipinski definition) is 5. The van der Waals surface area contributed by atoms with E-state index in [1.54, 1.807) is 4.57 Å². The maximum atomic E-state index is 8.78. The largest absolute Gasteiger partial charge is 0.435 e. The molecule has 0 bridgehead atoms. The molecular weight excluding hydrogens is 675 g/mol. The molecule has 0 N–H and O–H groups in total. The van der Waals surface area contributed by atoms with Crippen LogP contribution in [0.5, 0.6) is 0 Å². The number of nitrogens with zero attached hydrogens (tertiary/aromatic N) is 5. The molecule has 0 aliphatic heterocycles. The van der Waals surface area contributed by atoms with Crippen molar-refractivity contribution in [3.05, 3.63) is 175 Å². The summed E-state index contributed by atoms with van der Waals surface area (Å²) in [6.45, 7) is 4.43. The predicted octanol–water partition coefficient (Wildman–Crippen LogP) is 12.1. The molecule has 3 aromatic heterocycles. The first-order valence-electron chi connectivity index (χ1n) is 22.7. The van der Waals surface area contributed by atoms with Crippen LogP contribution in [0.15, 0.2) is 168 Å². The van der Waals surface area contributed by atoms with Crippen LogP contribution in [-0.4, -0.2) is 24.5 Å². The Balaban J connectivity index is 1.12. The maximum absolute atomic E-state index is 8.78. The highest BCUT2D eigenvalue weighted by molar-refractivity contribution is 6.10. The second-order valence-electron chi connectivity index (χ2n) is 14.0. The molecule has 0 unspecified atom stereocenters. The third kappa shape index (κ3) is 4.88. The first-order valence-corrected chi connectivity index (χ1v) is 17.7. The smallest absolute Gasteiger partial charge is 0.238 e. The monoisotopic (exact) mass is 717 g/mol. The van der Waals surface area contributed by atoms with Gasteiger partial charge in [0.1, 0.15) is 5.52 Å². The Bertz CT molecular complexity index is 3570.